The Hall–Kier alpha value is -3.28. The normalized spacial score (nSPS) is 14.6. The zero-order chi connectivity index (χ0) is 18.9. The second-order valence-electron chi connectivity index (χ2n) is 5.13. The summed E-state index contributed by atoms with van der Waals surface area (Å²) in [5.41, 5.74) is 3.14. The van der Waals surface area contributed by atoms with Crippen LogP contribution in [0.25, 0.3) is 0 Å². The highest BCUT2D eigenvalue weighted by atomic mass is 16.5. The summed E-state index contributed by atoms with van der Waals surface area (Å²) in [6.07, 6.45) is 0. The number of aromatic nitrogens is 2. The fraction of sp³-hybridized carbons (Fsp3) is 0.385. The van der Waals surface area contributed by atoms with Crippen molar-refractivity contribution in [1.29, 1.82) is 0 Å². The van der Waals surface area contributed by atoms with Gasteiger partial charge in [0.05, 0.1) is 19.7 Å². The van der Waals surface area contributed by atoms with Gasteiger partial charge in [-0.3, -0.25) is 33.6 Å². The van der Waals surface area contributed by atoms with Gasteiger partial charge in [-0.1, -0.05) is 0 Å². The third kappa shape index (κ3) is 3.06. The maximum Gasteiger partial charge on any atom is 0.334 e. The number of aromatic amines is 1. The molecule has 4 amide bonds. The van der Waals surface area contributed by atoms with Crippen LogP contribution < -0.4 is 17.0 Å². The van der Waals surface area contributed by atoms with E-state index in [-0.39, 0.29) is 13.2 Å². The van der Waals surface area contributed by atoms with E-state index in [0.29, 0.717) is 9.80 Å². The number of methoxy groups -OCH3 is 1. The number of nitrogen functional groups attached to an aromatic ring is 1. The lowest BCUT2D eigenvalue weighted by Gasteiger charge is -2.15. The number of ether oxygens (including phenoxy) is 1. The van der Waals surface area contributed by atoms with Crippen LogP contribution in [-0.2, 0) is 21.4 Å². The van der Waals surface area contributed by atoms with E-state index >= 15 is 0 Å². The van der Waals surface area contributed by atoms with Crippen molar-refractivity contribution in [2.45, 2.75) is 0 Å². The summed E-state index contributed by atoms with van der Waals surface area (Å²) in [7, 11) is 2.58. The third-order valence-electron chi connectivity index (χ3n) is 3.60. The molecule has 12 nitrogen and oxygen atoms in total. The van der Waals surface area contributed by atoms with Crippen LogP contribution in [-0.4, -0.2) is 69.8 Å². The molecule has 2 heterocycles. The Morgan fingerprint density at radius 2 is 1.72 bits per heavy atom. The summed E-state index contributed by atoms with van der Waals surface area (Å²) in [5.74, 6) is -3.70. The predicted octanol–water partition coefficient (Wildman–Crippen LogP) is -2.72. The predicted molar refractivity (Wildman–Crippen MR) is 81.7 cm³/mol. The molecule has 0 spiro atoms. The number of carbonyl (C=O) groups excluding carboxylic acids is 4. The van der Waals surface area contributed by atoms with Gasteiger partial charge in [0.1, 0.15) is 11.4 Å². The molecule has 0 radical (unpaired) electrons. The lowest BCUT2D eigenvalue weighted by atomic mass is 10.2. The van der Waals surface area contributed by atoms with E-state index in [1.54, 1.807) is 0 Å². The summed E-state index contributed by atoms with van der Waals surface area (Å²) in [6, 6.07) is -1.000. The van der Waals surface area contributed by atoms with Crippen LogP contribution >= 0.6 is 0 Å². The Bertz CT molecular complexity index is 884. The lowest BCUT2D eigenvalue weighted by Crippen LogP contribution is -2.41. The summed E-state index contributed by atoms with van der Waals surface area (Å²) < 4.78 is 5.57. The molecule has 0 atom stereocenters. The van der Waals surface area contributed by atoms with E-state index in [4.69, 9.17) is 10.5 Å². The van der Waals surface area contributed by atoms with Crippen LogP contribution in [0.15, 0.2) is 9.59 Å². The minimum Gasteiger partial charge on any atom is -0.384 e. The van der Waals surface area contributed by atoms with Gasteiger partial charge in [0.25, 0.3) is 5.56 Å². The van der Waals surface area contributed by atoms with Crippen molar-refractivity contribution >= 4 is 29.4 Å². The number of hydrogen-bond acceptors (Lipinski definition) is 8. The van der Waals surface area contributed by atoms with Gasteiger partial charge in [0.2, 0.25) is 0 Å². The molecule has 12 heteroatoms. The second kappa shape index (κ2) is 6.68. The summed E-state index contributed by atoms with van der Waals surface area (Å²) in [6.45, 7) is -1.01. The molecule has 1 aliphatic heterocycles. The number of Topliss-reactive ketones (excluding diaryl/α,β-unsaturated/α-hetero) is 1. The number of nitrogens with one attached hydrogen (secondary N) is 1. The quantitative estimate of drug-likeness (QED) is 0.316. The number of hydrogen-bond donors (Lipinski definition) is 2. The number of imide groups is 2. The van der Waals surface area contributed by atoms with Crippen LogP contribution in [0.3, 0.4) is 0 Å². The molecule has 2 rings (SSSR count). The highest BCUT2D eigenvalue weighted by Gasteiger charge is 2.45. The Morgan fingerprint density at radius 3 is 2.32 bits per heavy atom. The van der Waals surface area contributed by atoms with Gasteiger partial charge in [-0.2, -0.15) is 0 Å². The second-order valence-corrected chi connectivity index (χ2v) is 5.13. The van der Waals surface area contributed by atoms with E-state index in [1.807, 2.05) is 4.98 Å². The van der Waals surface area contributed by atoms with Crippen molar-refractivity contribution in [3.63, 3.8) is 0 Å². The van der Waals surface area contributed by atoms with E-state index in [0.717, 1.165) is 4.57 Å². The topological polar surface area (TPSA) is 165 Å². The lowest BCUT2D eigenvalue weighted by molar-refractivity contribution is -0.143. The molecule has 1 aromatic heterocycles. The molecule has 0 bridgehead atoms. The highest BCUT2D eigenvalue weighted by molar-refractivity contribution is 6.45. The monoisotopic (exact) mass is 353 g/mol. The van der Waals surface area contributed by atoms with Crippen molar-refractivity contribution in [2.75, 3.05) is 32.5 Å². The molecule has 25 heavy (non-hydrogen) atoms. The fourth-order valence-corrected chi connectivity index (χ4v) is 2.20. The Labute approximate surface area is 139 Å². The van der Waals surface area contributed by atoms with Crippen molar-refractivity contribution in [2.24, 2.45) is 7.05 Å². The average molecular weight is 353 g/mol. The molecule has 1 saturated heterocycles. The maximum absolute atomic E-state index is 12.3. The highest BCUT2D eigenvalue weighted by Crippen LogP contribution is 2.13. The Balaban J connectivity index is 2.30. The van der Waals surface area contributed by atoms with Crippen molar-refractivity contribution < 1.29 is 23.9 Å². The van der Waals surface area contributed by atoms with Crippen molar-refractivity contribution in [3.8, 4) is 0 Å². The molecule has 1 fully saturated rings. The SMILES string of the molecule is COCCN1C(=O)C(=O)N(CC(=O)c2c(N)n(C)c(=O)[nH]c2=O)C1=O. The van der Waals surface area contributed by atoms with Gasteiger partial charge in [-0.05, 0) is 0 Å². The van der Waals surface area contributed by atoms with Crippen LogP contribution in [0, 0.1) is 0 Å². The number of carbonyl (C=O) groups is 4. The number of amides is 4. The van der Waals surface area contributed by atoms with Gasteiger partial charge in [0.15, 0.2) is 5.78 Å². The van der Waals surface area contributed by atoms with Crippen LogP contribution in [0.2, 0.25) is 0 Å². The first-order valence-electron chi connectivity index (χ1n) is 6.99. The van der Waals surface area contributed by atoms with E-state index in [2.05, 4.69) is 0 Å². The number of urea groups is 1. The number of rotatable bonds is 6. The van der Waals surface area contributed by atoms with Gasteiger partial charge >= 0.3 is 23.5 Å². The average Bonchev–Trinajstić information content (AvgIpc) is 2.75. The summed E-state index contributed by atoms with van der Waals surface area (Å²) >= 11 is 0. The zero-order valence-electron chi connectivity index (χ0n) is 13.4. The zero-order valence-corrected chi connectivity index (χ0v) is 13.4. The smallest absolute Gasteiger partial charge is 0.334 e. The van der Waals surface area contributed by atoms with Crippen molar-refractivity contribution in [3.05, 3.63) is 26.4 Å². The van der Waals surface area contributed by atoms with Crippen LogP contribution in [0.5, 0.6) is 0 Å². The first kappa shape index (κ1) is 18.1. The van der Waals surface area contributed by atoms with Crippen LogP contribution in [0.1, 0.15) is 10.4 Å². The van der Waals surface area contributed by atoms with Gasteiger partial charge in [-0.25, -0.2) is 14.5 Å². The summed E-state index contributed by atoms with van der Waals surface area (Å²) in [4.78, 5) is 74.3. The number of anilines is 1. The molecule has 0 saturated carbocycles. The number of nitrogens with two attached hydrogens (primary N) is 1. The Morgan fingerprint density at radius 1 is 1.12 bits per heavy atom. The minimum atomic E-state index is -1.20. The van der Waals surface area contributed by atoms with Gasteiger partial charge in [-0.15, -0.1) is 0 Å². The number of nitrogens with zero attached hydrogens (tertiary/aromatic N) is 3. The molecule has 134 valence electrons. The first-order valence-corrected chi connectivity index (χ1v) is 6.99. The molecule has 0 unspecified atom stereocenters. The molecular formula is C13H15N5O7. The first-order chi connectivity index (χ1) is 11.7. The molecular weight excluding hydrogens is 338 g/mol. The largest absolute Gasteiger partial charge is 0.384 e. The van der Waals surface area contributed by atoms with E-state index < -0.39 is 52.8 Å². The number of ketones is 1. The van der Waals surface area contributed by atoms with E-state index in [9.17, 15) is 28.8 Å². The van der Waals surface area contributed by atoms with Crippen molar-refractivity contribution in [1.82, 2.24) is 19.4 Å². The van der Waals surface area contributed by atoms with Gasteiger partial charge in [0, 0.05) is 14.2 Å². The summed E-state index contributed by atoms with van der Waals surface area (Å²) in [5, 5.41) is 0. The number of H-pyrrole nitrogens is 1. The molecule has 1 aliphatic rings. The minimum absolute atomic E-state index is 0.0138. The standard InChI is InChI=1S/C13H15N5O7/c1-16-8(14)7(9(20)15-12(16)23)6(19)5-18-11(22)10(21)17(13(18)24)3-4-25-2/h3-5,14H2,1-2H3,(H,15,20,23). The fourth-order valence-electron chi connectivity index (χ4n) is 2.20. The van der Waals surface area contributed by atoms with Gasteiger partial charge < -0.3 is 10.5 Å². The molecule has 0 aromatic carbocycles. The maximum atomic E-state index is 12.3. The molecule has 1 aromatic rings. The third-order valence-corrected chi connectivity index (χ3v) is 3.60. The van der Waals surface area contributed by atoms with Crippen LogP contribution in [0.4, 0.5) is 10.6 Å². The molecule has 0 aliphatic carbocycles. The molecule has 3 N–H and O–H groups in total. The van der Waals surface area contributed by atoms with E-state index in [1.165, 1.54) is 14.2 Å². The Kier molecular flexibility index (Phi) is 4.83.